The van der Waals surface area contributed by atoms with Gasteiger partial charge in [0, 0.05) is 25.2 Å². The largest absolute Gasteiger partial charge is 0.487 e. The number of hydrogen-bond acceptors (Lipinski definition) is 8. The second kappa shape index (κ2) is 33.8. The van der Waals surface area contributed by atoms with Crippen LogP contribution in [0.5, 0.6) is 11.5 Å². The van der Waals surface area contributed by atoms with E-state index in [1.165, 1.54) is 89.9 Å². The van der Waals surface area contributed by atoms with Gasteiger partial charge < -0.3 is 23.8 Å². The van der Waals surface area contributed by atoms with Crippen LogP contribution in [0.3, 0.4) is 0 Å². The lowest BCUT2D eigenvalue weighted by Crippen LogP contribution is -2.37. The van der Waals surface area contributed by atoms with Crippen molar-refractivity contribution in [3.8, 4) is 11.5 Å². The molecule has 0 bridgehead atoms. The van der Waals surface area contributed by atoms with E-state index in [0.29, 0.717) is 38.6 Å². The first-order valence-corrected chi connectivity index (χ1v) is 27.5. The van der Waals surface area contributed by atoms with Gasteiger partial charge >= 0.3 is 17.9 Å². The molecule has 0 unspecified atom stereocenters. The van der Waals surface area contributed by atoms with E-state index >= 15 is 0 Å². The molecule has 0 aliphatic carbocycles. The minimum atomic E-state index is -0.325. The van der Waals surface area contributed by atoms with E-state index in [2.05, 4.69) is 76.2 Å². The van der Waals surface area contributed by atoms with Crippen LogP contribution in [0, 0.1) is 50.4 Å². The normalized spacial score (nSPS) is 15.9. The van der Waals surface area contributed by atoms with Crippen molar-refractivity contribution in [2.75, 3.05) is 32.8 Å². The van der Waals surface area contributed by atoms with E-state index in [4.69, 9.17) is 18.9 Å². The minimum Gasteiger partial charge on any atom is -0.487 e. The zero-order chi connectivity index (χ0) is 48.9. The van der Waals surface area contributed by atoms with Crippen LogP contribution in [0.2, 0.25) is 0 Å². The van der Waals surface area contributed by atoms with Crippen molar-refractivity contribution in [3.05, 3.63) is 22.3 Å². The Morgan fingerprint density at radius 1 is 0.530 bits per heavy atom. The Balaban J connectivity index is 1.92. The number of fused-ring (bicyclic) bond motifs is 1. The SMILES string of the molecule is Cc1c(C)c2c(c(C)c1OC(=O)CCN(CCC(=O)OCCCCCCCC(C)C)CCC(=O)OCCCCCCCC(C)C)CC[C@@](C)(CCC[C@H](C)CCC[C@H](C)CCCC(C)C)O2. The summed E-state index contributed by atoms with van der Waals surface area (Å²) in [5, 5.41) is 0. The molecule has 1 aromatic rings. The first-order valence-electron chi connectivity index (χ1n) is 27.5. The van der Waals surface area contributed by atoms with Gasteiger partial charge in [-0.05, 0) is 112 Å². The first kappa shape index (κ1) is 59.5. The Hall–Kier alpha value is -2.61. The summed E-state index contributed by atoms with van der Waals surface area (Å²) in [6, 6.07) is 0. The van der Waals surface area contributed by atoms with Crippen LogP contribution in [0.15, 0.2) is 0 Å². The topological polar surface area (TPSA) is 91.4 Å². The maximum Gasteiger partial charge on any atom is 0.312 e. The Bertz CT molecular complexity index is 1460. The highest BCUT2D eigenvalue weighted by atomic mass is 16.5. The van der Waals surface area contributed by atoms with Crippen LogP contribution in [-0.4, -0.2) is 61.3 Å². The maximum atomic E-state index is 13.6. The predicted molar refractivity (Wildman–Crippen MR) is 276 cm³/mol. The molecule has 0 N–H and O–H groups in total. The smallest absolute Gasteiger partial charge is 0.312 e. The first-order chi connectivity index (χ1) is 31.4. The van der Waals surface area contributed by atoms with Gasteiger partial charge in [0.25, 0.3) is 0 Å². The van der Waals surface area contributed by atoms with Crippen molar-refractivity contribution >= 4 is 17.9 Å². The maximum absolute atomic E-state index is 13.6. The van der Waals surface area contributed by atoms with E-state index in [1.807, 2.05) is 11.8 Å². The molecular weight excluding hydrogens is 823 g/mol. The highest BCUT2D eigenvalue weighted by Crippen LogP contribution is 2.45. The number of benzene rings is 1. The Kier molecular flexibility index (Phi) is 30.5. The monoisotopic (exact) mass is 926 g/mol. The zero-order valence-corrected chi connectivity index (χ0v) is 45.1. The molecular formula is C58H103NO7. The summed E-state index contributed by atoms with van der Waals surface area (Å²) < 4.78 is 24.2. The molecule has 3 atom stereocenters. The third kappa shape index (κ3) is 26.2. The second-order valence-corrected chi connectivity index (χ2v) is 22.3. The van der Waals surface area contributed by atoms with Gasteiger partial charge in [-0.1, -0.05) is 165 Å². The van der Waals surface area contributed by atoms with E-state index in [9.17, 15) is 14.4 Å². The van der Waals surface area contributed by atoms with Crippen molar-refractivity contribution in [3.63, 3.8) is 0 Å². The number of esters is 3. The van der Waals surface area contributed by atoms with Crippen molar-refractivity contribution in [2.24, 2.45) is 29.6 Å². The van der Waals surface area contributed by atoms with Crippen LogP contribution in [0.4, 0.5) is 0 Å². The third-order valence-corrected chi connectivity index (χ3v) is 14.3. The average molecular weight is 926 g/mol. The molecule has 1 heterocycles. The molecule has 2 rings (SSSR count). The lowest BCUT2D eigenvalue weighted by atomic mass is 9.83. The number of hydrogen-bond donors (Lipinski definition) is 0. The second-order valence-electron chi connectivity index (χ2n) is 22.3. The molecule has 8 nitrogen and oxygen atoms in total. The van der Waals surface area contributed by atoms with Gasteiger partial charge in [-0.15, -0.1) is 0 Å². The molecule has 0 amide bonds. The molecule has 0 saturated carbocycles. The summed E-state index contributed by atoms with van der Waals surface area (Å²) >= 11 is 0. The van der Waals surface area contributed by atoms with Gasteiger partial charge in [-0.2, -0.15) is 0 Å². The van der Waals surface area contributed by atoms with Gasteiger partial charge in [-0.25, -0.2) is 0 Å². The molecule has 0 fully saturated rings. The van der Waals surface area contributed by atoms with E-state index in [1.54, 1.807) is 0 Å². The number of ether oxygens (including phenoxy) is 4. The molecule has 1 aromatic carbocycles. The van der Waals surface area contributed by atoms with Crippen LogP contribution in [-0.2, 0) is 30.3 Å². The number of rotatable bonds is 38. The molecule has 0 aromatic heterocycles. The van der Waals surface area contributed by atoms with Gasteiger partial charge in [-0.3, -0.25) is 14.4 Å². The molecule has 1 aliphatic rings. The van der Waals surface area contributed by atoms with Crippen molar-refractivity contribution < 1.29 is 33.3 Å². The van der Waals surface area contributed by atoms with Gasteiger partial charge in [0.1, 0.15) is 17.1 Å². The molecule has 8 heteroatoms. The van der Waals surface area contributed by atoms with Crippen LogP contribution >= 0.6 is 0 Å². The number of carbonyl (C=O) groups is 3. The summed E-state index contributed by atoms with van der Waals surface area (Å²) in [5.74, 6) is 4.64. The predicted octanol–water partition coefficient (Wildman–Crippen LogP) is 15.6. The van der Waals surface area contributed by atoms with Crippen molar-refractivity contribution in [1.82, 2.24) is 4.90 Å². The fraction of sp³-hybridized carbons (Fsp3) is 0.845. The molecule has 0 spiro atoms. The van der Waals surface area contributed by atoms with Gasteiger partial charge in [0.2, 0.25) is 0 Å². The number of nitrogens with zero attached hydrogens (tertiary/aromatic N) is 1. The van der Waals surface area contributed by atoms with Crippen LogP contribution < -0.4 is 9.47 Å². The van der Waals surface area contributed by atoms with Crippen molar-refractivity contribution in [1.29, 1.82) is 0 Å². The Morgan fingerprint density at radius 3 is 1.45 bits per heavy atom. The number of unbranched alkanes of at least 4 members (excludes halogenated alkanes) is 8. The summed E-state index contributed by atoms with van der Waals surface area (Å²) in [5.41, 5.74) is 3.89. The fourth-order valence-corrected chi connectivity index (χ4v) is 9.55. The molecule has 1 aliphatic heterocycles. The highest BCUT2D eigenvalue weighted by Gasteiger charge is 2.35. The number of carbonyl (C=O) groups excluding carboxylic acids is 3. The summed E-state index contributed by atoms with van der Waals surface area (Å²) in [7, 11) is 0. The summed E-state index contributed by atoms with van der Waals surface area (Å²) in [4.78, 5) is 41.1. The standard InChI is InChI=1S/C58H103NO7/c1-44(2)26-19-15-13-17-21-42-63-53(60)34-39-59(40-35-54(61)64-43-22-18-14-16-20-27-45(3)4)41-36-55(62)65-56-49(9)50(10)57-52(51(56)11)33-38-58(12,66-57)37-25-32-48(8)31-24-30-47(7)29-23-28-46(5)6/h44-48H,13-43H2,1-12H3/t47-,48-,58-/m1/s1. The lowest BCUT2D eigenvalue weighted by Gasteiger charge is -2.38. The van der Waals surface area contributed by atoms with Gasteiger partial charge in [0.05, 0.1) is 32.5 Å². The minimum absolute atomic E-state index is 0.136. The zero-order valence-electron chi connectivity index (χ0n) is 45.1. The van der Waals surface area contributed by atoms with E-state index in [-0.39, 0.29) is 42.8 Å². The van der Waals surface area contributed by atoms with Crippen molar-refractivity contribution in [2.45, 2.75) is 256 Å². The van der Waals surface area contributed by atoms with Gasteiger partial charge in [0.15, 0.2) is 0 Å². The van der Waals surface area contributed by atoms with Crippen LogP contribution in [0.1, 0.15) is 245 Å². The average Bonchev–Trinajstić information content (AvgIpc) is 3.25. The quantitative estimate of drug-likeness (QED) is 0.0368. The third-order valence-electron chi connectivity index (χ3n) is 14.3. The van der Waals surface area contributed by atoms with E-state index < -0.39 is 0 Å². The highest BCUT2D eigenvalue weighted by molar-refractivity contribution is 5.75. The Labute approximate surface area is 406 Å². The lowest BCUT2D eigenvalue weighted by molar-refractivity contribution is -0.144. The fourth-order valence-electron chi connectivity index (χ4n) is 9.55. The Morgan fingerprint density at radius 2 is 0.955 bits per heavy atom. The molecule has 0 radical (unpaired) electrons. The molecule has 382 valence electrons. The van der Waals surface area contributed by atoms with E-state index in [0.717, 1.165) is 115 Å². The molecule has 66 heavy (non-hydrogen) atoms. The summed E-state index contributed by atoms with van der Waals surface area (Å²) in [6.07, 6.45) is 27.6. The summed E-state index contributed by atoms with van der Waals surface area (Å²) in [6.45, 7) is 29.0. The van der Waals surface area contributed by atoms with Crippen LogP contribution in [0.25, 0.3) is 0 Å². The molecule has 0 saturated heterocycles.